The first-order valence-corrected chi connectivity index (χ1v) is 6.77. The van der Waals surface area contributed by atoms with Gasteiger partial charge in [0.05, 0.1) is 11.0 Å². The zero-order valence-corrected chi connectivity index (χ0v) is 12.0. The lowest BCUT2D eigenvalue weighted by molar-refractivity contribution is 0.297. The van der Waals surface area contributed by atoms with Gasteiger partial charge in [0.25, 0.3) is 0 Å². The molecule has 1 N–H and O–H groups in total. The highest BCUT2D eigenvalue weighted by Gasteiger charge is 2.05. The van der Waals surface area contributed by atoms with Crippen LogP contribution in [0.15, 0.2) is 36.4 Å². The Morgan fingerprint density at radius 1 is 1.00 bits per heavy atom. The van der Waals surface area contributed by atoms with Gasteiger partial charge >= 0.3 is 0 Å². The van der Waals surface area contributed by atoms with E-state index in [0.29, 0.717) is 6.61 Å². The van der Waals surface area contributed by atoms with Crippen molar-refractivity contribution in [1.29, 1.82) is 0 Å². The molecule has 0 fully saturated rings. The van der Waals surface area contributed by atoms with E-state index in [1.165, 1.54) is 16.7 Å². The van der Waals surface area contributed by atoms with Gasteiger partial charge in [-0.15, -0.1) is 0 Å². The largest absolute Gasteiger partial charge is 0.486 e. The Balaban J connectivity index is 1.79. The number of aromatic amines is 1. The van der Waals surface area contributed by atoms with Crippen LogP contribution in [0.4, 0.5) is 0 Å². The molecule has 3 aromatic rings. The molecule has 0 radical (unpaired) electrons. The number of hydrogen-bond donors (Lipinski definition) is 1. The number of benzene rings is 2. The van der Waals surface area contributed by atoms with E-state index in [2.05, 4.69) is 42.9 Å². The summed E-state index contributed by atoms with van der Waals surface area (Å²) in [6.45, 7) is 6.73. The van der Waals surface area contributed by atoms with Crippen LogP contribution in [0.5, 0.6) is 5.75 Å². The molecule has 102 valence electrons. The summed E-state index contributed by atoms with van der Waals surface area (Å²) in [4.78, 5) is 7.88. The summed E-state index contributed by atoms with van der Waals surface area (Å²) < 4.78 is 5.74. The Morgan fingerprint density at radius 3 is 2.45 bits per heavy atom. The Labute approximate surface area is 118 Å². The van der Waals surface area contributed by atoms with Gasteiger partial charge in [-0.05, 0) is 56.2 Å². The quantitative estimate of drug-likeness (QED) is 0.776. The fraction of sp³-hybridized carbons (Fsp3) is 0.235. The Morgan fingerprint density at radius 2 is 1.70 bits per heavy atom. The number of fused-ring (bicyclic) bond motifs is 1. The third-order valence-corrected chi connectivity index (χ3v) is 3.54. The van der Waals surface area contributed by atoms with Crippen LogP contribution in [0.1, 0.15) is 22.5 Å². The van der Waals surface area contributed by atoms with E-state index in [0.717, 1.165) is 22.6 Å². The predicted molar refractivity (Wildman–Crippen MR) is 81.1 cm³/mol. The number of aryl methyl sites for hydroxylation is 3. The molecule has 1 aromatic heterocycles. The number of H-pyrrole nitrogens is 1. The van der Waals surface area contributed by atoms with Crippen LogP contribution >= 0.6 is 0 Å². The number of nitrogens with zero attached hydrogens (tertiary/aromatic N) is 1. The summed E-state index contributed by atoms with van der Waals surface area (Å²) in [5.74, 6) is 1.72. The van der Waals surface area contributed by atoms with Gasteiger partial charge < -0.3 is 9.72 Å². The Hall–Kier alpha value is -2.29. The van der Waals surface area contributed by atoms with E-state index in [4.69, 9.17) is 4.74 Å². The third-order valence-electron chi connectivity index (χ3n) is 3.54. The van der Waals surface area contributed by atoms with Gasteiger partial charge in [0.15, 0.2) is 0 Å². The fourth-order valence-corrected chi connectivity index (χ4v) is 2.18. The molecule has 0 atom stereocenters. The van der Waals surface area contributed by atoms with Crippen LogP contribution in [0.25, 0.3) is 11.0 Å². The smallest absolute Gasteiger partial charge is 0.146 e. The molecule has 0 bridgehead atoms. The molecular formula is C17H18N2O. The number of imidazole rings is 1. The maximum atomic E-state index is 5.74. The van der Waals surface area contributed by atoms with Gasteiger partial charge in [-0.1, -0.05) is 17.7 Å². The lowest BCUT2D eigenvalue weighted by Gasteiger charge is -2.03. The van der Waals surface area contributed by atoms with E-state index >= 15 is 0 Å². The highest BCUT2D eigenvalue weighted by Crippen LogP contribution is 2.18. The maximum Gasteiger partial charge on any atom is 0.146 e. The van der Waals surface area contributed by atoms with Crippen molar-refractivity contribution in [1.82, 2.24) is 9.97 Å². The Kier molecular flexibility index (Phi) is 3.18. The SMILES string of the molecule is Cc1ccc(OCc2nc3cc(C)c(C)cc3[nH]2)cc1. The zero-order chi connectivity index (χ0) is 14.1. The normalized spacial score (nSPS) is 10.9. The highest BCUT2D eigenvalue weighted by atomic mass is 16.5. The first-order valence-electron chi connectivity index (χ1n) is 6.77. The average molecular weight is 266 g/mol. The van der Waals surface area contributed by atoms with Crippen LogP contribution < -0.4 is 4.74 Å². The molecule has 0 aliphatic carbocycles. The first-order chi connectivity index (χ1) is 9.61. The molecule has 2 aromatic carbocycles. The molecule has 3 heteroatoms. The standard InChI is InChI=1S/C17H18N2O/c1-11-4-6-14(7-5-11)20-10-17-18-15-8-12(2)13(3)9-16(15)19-17/h4-9H,10H2,1-3H3,(H,18,19). The van der Waals surface area contributed by atoms with E-state index in [1.807, 2.05) is 24.3 Å². The topological polar surface area (TPSA) is 37.9 Å². The van der Waals surface area contributed by atoms with Crippen LogP contribution in [-0.2, 0) is 6.61 Å². The number of hydrogen-bond acceptors (Lipinski definition) is 2. The Bertz CT molecular complexity index is 703. The van der Waals surface area contributed by atoms with Crippen molar-refractivity contribution in [3.63, 3.8) is 0 Å². The van der Waals surface area contributed by atoms with Gasteiger partial charge in [-0.3, -0.25) is 0 Å². The van der Waals surface area contributed by atoms with Crippen molar-refractivity contribution < 1.29 is 4.74 Å². The van der Waals surface area contributed by atoms with Gasteiger partial charge in [-0.25, -0.2) is 4.98 Å². The van der Waals surface area contributed by atoms with Gasteiger partial charge in [0.2, 0.25) is 0 Å². The molecule has 20 heavy (non-hydrogen) atoms. The zero-order valence-electron chi connectivity index (χ0n) is 12.0. The second kappa shape index (κ2) is 5.00. The molecule has 1 heterocycles. The average Bonchev–Trinajstić information content (AvgIpc) is 2.80. The number of nitrogens with one attached hydrogen (secondary N) is 1. The number of rotatable bonds is 3. The van der Waals surface area contributed by atoms with Crippen molar-refractivity contribution >= 4 is 11.0 Å². The molecule has 0 aliphatic heterocycles. The van der Waals surface area contributed by atoms with Crippen molar-refractivity contribution in [3.8, 4) is 5.75 Å². The summed E-state index contributed by atoms with van der Waals surface area (Å²) in [6.07, 6.45) is 0. The molecule has 0 saturated carbocycles. The lowest BCUT2D eigenvalue weighted by atomic mass is 10.1. The number of aromatic nitrogens is 2. The first kappa shape index (κ1) is 12.7. The van der Waals surface area contributed by atoms with Gasteiger partial charge in [0.1, 0.15) is 18.2 Å². The lowest BCUT2D eigenvalue weighted by Crippen LogP contribution is -1.97. The molecule has 0 amide bonds. The fourth-order valence-electron chi connectivity index (χ4n) is 2.18. The molecule has 3 nitrogen and oxygen atoms in total. The summed E-state index contributed by atoms with van der Waals surface area (Å²) in [5, 5.41) is 0. The third kappa shape index (κ3) is 2.52. The predicted octanol–water partition coefficient (Wildman–Crippen LogP) is 4.07. The monoisotopic (exact) mass is 266 g/mol. The molecule has 0 saturated heterocycles. The minimum absolute atomic E-state index is 0.454. The maximum absolute atomic E-state index is 5.74. The van der Waals surface area contributed by atoms with Crippen molar-refractivity contribution in [2.45, 2.75) is 27.4 Å². The van der Waals surface area contributed by atoms with Crippen molar-refractivity contribution in [2.24, 2.45) is 0 Å². The van der Waals surface area contributed by atoms with Crippen molar-refractivity contribution in [2.75, 3.05) is 0 Å². The van der Waals surface area contributed by atoms with Gasteiger partial charge in [0, 0.05) is 0 Å². The van der Waals surface area contributed by atoms with Crippen LogP contribution in [0, 0.1) is 20.8 Å². The second-order valence-corrected chi connectivity index (χ2v) is 5.24. The van der Waals surface area contributed by atoms with Crippen LogP contribution in [0.3, 0.4) is 0 Å². The summed E-state index contributed by atoms with van der Waals surface area (Å²) >= 11 is 0. The highest BCUT2D eigenvalue weighted by molar-refractivity contribution is 5.77. The molecular weight excluding hydrogens is 248 g/mol. The number of ether oxygens (including phenoxy) is 1. The summed E-state index contributed by atoms with van der Waals surface area (Å²) in [7, 11) is 0. The minimum Gasteiger partial charge on any atom is -0.486 e. The summed E-state index contributed by atoms with van der Waals surface area (Å²) in [5.41, 5.74) is 5.82. The molecule has 3 rings (SSSR count). The second-order valence-electron chi connectivity index (χ2n) is 5.24. The van der Waals surface area contributed by atoms with Crippen molar-refractivity contribution in [3.05, 3.63) is 58.9 Å². The minimum atomic E-state index is 0.454. The summed E-state index contributed by atoms with van der Waals surface area (Å²) in [6, 6.07) is 12.3. The van der Waals surface area contributed by atoms with E-state index < -0.39 is 0 Å². The van der Waals surface area contributed by atoms with Crippen LogP contribution in [-0.4, -0.2) is 9.97 Å². The molecule has 0 aliphatic rings. The van der Waals surface area contributed by atoms with Crippen LogP contribution in [0.2, 0.25) is 0 Å². The molecule has 0 unspecified atom stereocenters. The van der Waals surface area contributed by atoms with Gasteiger partial charge in [-0.2, -0.15) is 0 Å². The molecule has 0 spiro atoms. The van der Waals surface area contributed by atoms with E-state index in [9.17, 15) is 0 Å². The van der Waals surface area contributed by atoms with E-state index in [-0.39, 0.29) is 0 Å². The van der Waals surface area contributed by atoms with E-state index in [1.54, 1.807) is 0 Å².